The molecule has 1 aromatic carbocycles. The molecule has 1 aliphatic rings. The van der Waals surface area contributed by atoms with Gasteiger partial charge in [-0.25, -0.2) is 13.1 Å². The lowest BCUT2D eigenvalue weighted by Gasteiger charge is -2.31. The van der Waals surface area contributed by atoms with Crippen molar-refractivity contribution < 1.29 is 8.42 Å². The first-order valence-corrected chi connectivity index (χ1v) is 8.88. The first-order valence-electron chi connectivity index (χ1n) is 7.40. The smallest absolute Gasteiger partial charge is 0.242 e. The third-order valence-corrected chi connectivity index (χ3v) is 5.56. The molecule has 1 fully saturated rings. The molecule has 0 spiro atoms. The average Bonchev–Trinajstić information content (AvgIpc) is 2.33. The zero-order valence-corrected chi connectivity index (χ0v) is 13.0. The van der Waals surface area contributed by atoms with E-state index in [1.165, 1.54) is 6.42 Å². The van der Waals surface area contributed by atoms with Crippen LogP contribution >= 0.6 is 0 Å². The monoisotopic (exact) mass is 296 g/mol. The van der Waals surface area contributed by atoms with Crippen LogP contribution in [-0.4, -0.2) is 21.0 Å². The number of anilines is 1. The van der Waals surface area contributed by atoms with Gasteiger partial charge in [-0.3, -0.25) is 0 Å². The summed E-state index contributed by atoms with van der Waals surface area (Å²) in [5.41, 5.74) is 0.683. The van der Waals surface area contributed by atoms with Gasteiger partial charge in [0.2, 0.25) is 10.0 Å². The topological polar surface area (TPSA) is 58.2 Å². The Balaban J connectivity index is 2.15. The van der Waals surface area contributed by atoms with Crippen LogP contribution < -0.4 is 10.0 Å². The molecule has 1 atom stereocenters. The highest BCUT2D eigenvalue weighted by Gasteiger charge is 2.28. The molecule has 1 aromatic rings. The van der Waals surface area contributed by atoms with Crippen LogP contribution in [0.1, 0.15) is 39.5 Å². The Labute approximate surface area is 122 Å². The van der Waals surface area contributed by atoms with E-state index >= 15 is 0 Å². The fraction of sp³-hybridized carbons (Fsp3) is 0.600. The van der Waals surface area contributed by atoms with E-state index in [1.807, 2.05) is 19.1 Å². The zero-order chi connectivity index (χ0) is 14.6. The van der Waals surface area contributed by atoms with Crippen molar-refractivity contribution in [1.29, 1.82) is 0 Å². The molecule has 0 aromatic heterocycles. The van der Waals surface area contributed by atoms with Crippen LogP contribution in [0.5, 0.6) is 0 Å². The standard InChI is InChI=1S/C15H24N2O2S/c1-3-11-16-14-9-4-5-10-15(14)20(18,19)17-12(2)13-7-6-8-13/h4-5,9-10,12-13,16-17H,3,6-8,11H2,1-2H3. The summed E-state index contributed by atoms with van der Waals surface area (Å²) in [6.45, 7) is 4.79. The fourth-order valence-electron chi connectivity index (χ4n) is 2.45. The first kappa shape index (κ1) is 15.3. The fourth-order valence-corrected chi connectivity index (χ4v) is 3.95. The van der Waals surface area contributed by atoms with Crippen molar-refractivity contribution in [2.75, 3.05) is 11.9 Å². The highest BCUT2D eigenvalue weighted by atomic mass is 32.2. The van der Waals surface area contributed by atoms with Crippen LogP contribution in [0.3, 0.4) is 0 Å². The van der Waals surface area contributed by atoms with Gasteiger partial charge in [0.05, 0.1) is 5.69 Å². The molecular formula is C15H24N2O2S. The zero-order valence-electron chi connectivity index (χ0n) is 12.2. The van der Waals surface area contributed by atoms with E-state index in [0.29, 0.717) is 16.5 Å². The van der Waals surface area contributed by atoms with Crippen molar-refractivity contribution in [2.45, 2.75) is 50.5 Å². The largest absolute Gasteiger partial charge is 0.384 e. The van der Waals surface area contributed by atoms with Crippen LogP contribution in [0.15, 0.2) is 29.2 Å². The predicted octanol–water partition coefficient (Wildman–Crippen LogP) is 2.98. The number of para-hydroxylation sites is 1. The van der Waals surface area contributed by atoms with Gasteiger partial charge in [-0.05, 0) is 44.2 Å². The number of hydrogen-bond donors (Lipinski definition) is 2. The number of nitrogens with one attached hydrogen (secondary N) is 2. The molecule has 1 unspecified atom stereocenters. The van der Waals surface area contributed by atoms with Crippen LogP contribution in [-0.2, 0) is 10.0 Å². The van der Waals surface area contributed by atoms with E-state index < -0.39 is 10.0 Å². The Kier molecular flexibility index (Phi) is 5.05. The lowest BCUT2D eigenvalue weighted by atomic mass is 9.81. The maximum absolute atomic E-state index is 12.5. The summed E-state index contributed by atoms with van der Waals surface area (Å²) < 4.78 is 27.9. The highest BCUT2D eigenvalue weighted by Crippen LogP contribution is 2.30. The molecule has 1 saturated carbocycles. The second kappa shape index (κ2) is 6.59. The normalized spacial score (nSPS) is 17.5. The molecular weight excluding hydrogens is 272 g/mol. The third kappa shape index (κ3) is 3.52. The third-order valence-electron chi connectivity index (χ3n) is 3.94. The Morgan fingerprint density at radius 1 is 1.30 bits per heavy atom. The maximum atomic E-state index is 12.5. The molecule has 112 valence electrons. The highest BCUT2D eigenvalue weighted by molar-refractivity contribution is 7.89. The van der Waals surface area contributed by atoms with Gasteiger partial charge in [-0.2, -0.15) is 0 Å². The number of rotatable bonds is 7. The van der Waals surface area contributed by atoms with Crippen LogP contribution in [0.25, 0.3) is 0 Å². The lowest BCUT2D eigenvalue weighted by molar-refractivity contribution is 0.260. The molecule has 4 nitrogen and oxygen atoms in total. The molecule has 2 rings (SSSR count). The van der Waals surface area contributed by atoms with E-state index in [2.05, 4.69) is 17.0 Å². The average molecular weight is 296 g/mol. The molecule has 0 radical (unpaired) electrons. The second-order valence-electron chi connectivity index (χ2n) is 5.52. The van der Waals surface area contributed by atoms with Crippen molar-refractivity contribution in [1.82, 2.24) is 4.72 Å². The van der Waals surface area contributed by atoms with Gasteiger partial charge in [0.25, 0.3) is 0 Å². The van der Waals surface area contributed by atoms with E-state index in [9.17, 15) is 8.42 Å². The maximum Gasteiger partial charge on any atom is 0.242 e. The molecule has 20 heavy (non-hydrogen) atoms. The molecule has 1 aliphatic carbocycles. The molecule has 0 aliphatic heterocycles. The minimum atomic E-state index is -3.45. The molecule has 0 heterocycles. The van der Waals surface area contributed by atoms with Gasteiger partial charge in [0.1, 0.15) is 4.90 Å². The van der Waals surface area contributed by atoms with Crippen molar-refractivity contribution in [3.05, 3.63) is 24.3 Å². The van der Waals surface area contributed by atoms with E-state index in [4.69, 9.17) is 0 Å². The van der Waals surface area contributed by atoms with Crippen LogP contribution in [0.4, 0.5) is 5.69 Å². The molecule has 0 saturated heterocycles. The van der Waals surface area contributed by atoms with E-state index in [1.54, 1.807) is 12.1 Å². The SMILES string of the molecule is CCCNc1ccccc1S(=O)(=O)NC(C)C1CCC1. The van der Waals surface area contributed by atoms with Gasteiger partial charge >= 0.3 is 0 Å². The summed E-state index contributed by atoms with van der Waals surface area (Å²) in [6, 6.07) is 7.10. The number of sulfonamides is 1. The quantitative estimate of drug-likeness (QED) is 0.813. The van der Waals surface area contributed by atoms with Crippen molar-refractivity contribution in [3.63, 3.8) is 0 Å². The Bertz CT molecular complexity index is 539. The van der Waals surface area contributed by atoms with Gasteiger partial charge < -0.3 is 5.32 Å². The summed E-state index contributed by atoms with van der Waals surface area (Å²) >= 11 is 0. The molecule has 0 bridgehead atoms. The molecule has 0 amide bonds. The van der Waals surface area contributed by atoms with Crippen LogP contribution in [0, 0.1) is 5.92 Å². The summed E-state index contributed by atoms with van der Waals surface area (Å²) in [5, 5.41) is 3.18. The first-order chi connectivity index (χ1) is 9.54. The number of benzene rings is 1. The summed E-state index contributed by atoms with van der Waals surface area (Å²) in [5.74, 6) is 0.487. The van der Waals surface area contributed by atoms with Crippen LogP contribution in [0.2, 0.25) is 0 Å². The second-order valence-corrected chi connectivity index (χ2v) is 7.21. The Hall–Kier alpha value is -1.07. The summed E-state index contributed by atoms with van der Waals surface area (Å²) in [6.07, 6.45) is 4.42. The van der Waals surface area contributed by atoms with E-state index in [0.717, 1.165) is 25.8 Å². The molecule has 5 heteroatoms. The number of hydrogen-bond acceptors (Lipinski definition) is 3. The van der Waals surface area contributed by atoms with Gasteiger partial charge in [-0.1, -0.05) is 25.5 Å². The van der Waals surface area contributed by atoms with Gasteiger partial charge in [0.15, 0.2) is 0 Å². The Morgan fingerprint density at radius 3 is 2.60 bits per heavy atom. The summed E-state index contributed by atoms with van der Waals surface area (Å²) in [7, 11) is -3.45. The summed E-state index contributed by atoms with van der Waals surface area (Å²) in [4.78, 5) is 0.347. The Morgan fingerprint density at radius 2 is 2.00 bits per heavy atom. The lowest BCUT2D eigenvalue weighted by Crippen LogP contribution is -2.40. The van der Waals surface area contributed by atoms with E-state index in [-0.39, 0.29) is 6.04 Å². The van der Waals surface area contributed by atoms with Gasteiger partial charge in [-0.15, -0.1) is 0 Å². The van der Waals surface area contributed by atoms with Crippen molar-refractivity contribution in [2.24, 2.45) is 5.92 Å². The minimum Gasteiger partial charge on any atom is -0.384 e. The van der Waals surface area contributed by atoms with Gasteiger partial charge in [0, 0.05) is 12.6 Å². The molecule has 2 N–H and O–H groups in total. The minimum absolute atomic E-state index is 0.00739. The predicted molar refractivity (Wildman–Crippen MR) is 82.3 cm³/mol. The van der Waals surface area contributed by atoms with Crippen molar-refractivity contribution in [3.8, 4) is 0 Å². The van der Waals surface area contributed by atoms with Crippen molar-refractivity contribution >= 4 is 15.7 Å².